The van der Waals surface area contributed by atoms with Gasteiger partial charge < -0.3 is 15.1 Å². The molecule has 0 saturated carbocycles. The van der Waals surface area contributed by atoms with Crippen molar-refractivity contribution >= 4 is 5.91 Å². The van der Waals surface area contributed by atoms with Gasteiger partial charge >= 0.3 is 0 Å². The van der Waals surface area contributed by atoms with E-state index in [-0.39, 0.29) is 6.04 Å². The minimum atomic E-state index is -0.0224. The highest BCUT2D eigenvalue weighted by atomic mass is 16.2. The molecule has 21 heavy (non-hydrogen) atoms. The number of carbonyl (C=O) groups excluding carboxylic acids is 1. The molecule has 2 rings (SSSR count). The van der Waals surface area contributed by atoms with Gasteiger partial charge in [0.25, 0.3) is 0 Å². The Morgan fingerprint density at radius 3 is 2.57 bits per heavy atom. The van der Waals surface area contributed by atoms with Crippen LogP contribution in [0, 0.1) is 0 Å². The minimum Gasteiger partial charge on any atom is -0.341 e. The first-order chi connectivity index (χ1) is 10.2. The molecule has 2 unspecified atom stereocenters. The molecule has 4 heteroatoms. The molecule has 0 bridgehead atoms. The van der Waals surface area contributed by atoms with Crippen LogP contribution in [0.4, 0.5) is 0 Å². The third-order valence-electron chi connectivity index (χ3n) is 4.88. The lowest BCUT2D eigenvalue weighted by atomic mass is 10.1. The van der Waals surface area contributed by atoms with Gasteiger partial charge in [-0.3, -0.25) is 4.79 Å². The average Bonchev–Trinajstić information content (AvgIpc) is 2.73. The maximum Gasteiger partial charge on any atom is 0.239 e. The maximum atomic E-state index is 12.5. The fraction of sp³-hybridized carbons (Fsp3) is 0.941. The molecule has 1 amide bonds. The van der Waals surface area contributed by atoms with E-state index in [1.165, 1.54) is 64.6 Å². The Balaban J connectivity index is 1.76. The van der Waals surface area contributed by atoms with Crippen molar-refractivity contribution in [3.05, 3.63) is 0 Å². The first kappa shape index (κ1) is 16.8. The number of likely N-dealkylation sites (tertiary alicyclic amines) is 2. The van der Waals surface area contributed by atoms with E-state index < -0.39 is 0 Å². The molecule has 122 valence electrons. The number of hydrogen-bond acceptors (Lipinski definition) is 3. The van der Waals surface area contributed by atoms with Crippen molar-refractivity contribution in [2.75, 3.05) is 32.7 Å². The Bertz CT molecular complexity index is 315. The van der Waals surface area contributed by atoms with Crippen LogP contribution in [0.5, 0.6) is 0 Å². The summed E-state index contributed by atoms with van der Waals surface area (Å²) >= 11 is 0. The smallest absolute Gasteiger partial charge is 0.239 e. The van der Waals surface area contributed by atoms with Crippen LogP contribution in [-0.4, -0.2) is 60.5 Å². The van der Waals surface area contributed by atoms with E-state index in [2.05, 4.69) is 22.0 Å². The number of carbonyl (C=O) groups is 1. The summed E-state index contributed by atoms with van der Waals surface area (Å²) in [4.78, 5) is 17.1. The van der Waals surface area contributed by atoms with Crippen LogP contribution in [0.2, 0.25) is 0 Å². The van der Waals surface area contributed by atoms with Gasteiger partial charge in [-0.25, -0.2) is 0 Å². The van der Waals surface area contributed by atoms with Gasteiger partial charge in [-0.1, -0.05) is 6.92 Å². The number of nitrogens with zero attached hydrogens (tertiary/aromatic N) is 2. The molecule has 0 aromatic rings. The van der Waals surface area contributed by atoms with Crippen molar-refractivity contribution < 1.29 is 4.79 Å². The number of hydrogen-bond donors (Lipinski definition) is 1. The van der Waals surface area contributed by atoms with E-state index in [9.17, 15) is 4.79 Å². The molecule has 1 N–H and O–H groups in total. The molecule has 2 saturated heterocycles. The van der Waals surface area contributed by atoms with E-state index in [0.29, 0.717) is 11.9 Å². The summed E-state index contributed by atoms with van der Waals surface area (Å²) in [7, 11) is 0. The summed E-state index contributed by atoms with van der Waals surface area (Å²) in [5.41, 5.74) is 0. The van der Waals surface area contributed by atoms with Crippen LogP contribution < -0.4 is 5.32 Å². The predicted octanol–water partition coefficient (Wildman–Crippen LogP) is 2.24. The zero-order valence-corrected chi connectivity index (χ0v) is 13.9. The molecular formula is C17H33N3O. The topological polar surface area (TPSA) is 35.6 Å². The molecule has 2 aliphatic heterocycles. The number of amides is 1. The molecule has 0 aromatic carbocycles. The summed E-state index contributed by atoms with van der Waals surface area (Å²) in [6.45, 7) is 9.83. The lowest BCUT2D eigenvalue weighted by Crippen LogP contribution is -2.49. The summed E-state index contributed by atoms with van der Waals surface area (Å²) in [6.07, 6.45) is 8.50. The SMILES string of the molecule is CCCN1CCCC(NC(C)C(=O)N2CCCCC2)CC1. The minimum absolute atomic E-state index is 0.0224. The molecule has 4 nitrogen and oxygen atoms in total. The van der Waals surface area contributed by atoms with Crippen LogP contribution in [0.25, 0.3) is 0 Å². The predicted molar refractivity (Wildman–Crippen MR) is 87.4 cm³/mol. The lowest BCUT2D eigenvalue weighted by molar-refractivity contribution is -0.134. The average molecular weight is 295 g/mol. The van der Waals surface area contributed by atoms with E-state index in [0.717, 1.165) is 13.1 Å². The Hall–Kier alpha value is -0.610. The van der Waals surface area contributed by atoms with Crippen molar-refractivity contribution in [1.29, 1.82) is 0 Å². The zero-order chi connectivity index (χ0) is 15.1. The second-order valence-electron chi connectivity index (χ2n) is 6.74. The summed E-state index contributed by atoms with van der Waals surface area (Å²) in [6, 6.07) is 0.487. The third kappa shape index (κ3) is 5.26. The first-order valence-electron chi connectivity index (χ1n) is 8.98. The van der Waals surface area contributed by atoms with Crippen molar-refractivity contribution in [3.8, 4) is 0 Å². The quantitative estimate of drug-likeness (QED) is 0.845. The van der Waals surface area contributed by atoms with Crippen LogP contribution >= 0.6 is 0 Å². The van der Waals surface area contributed by atoms with Gasteiger partial charge in [-0.2, -0.15) is 0 Å². The molecular weight excluding hydrogens is 262 g/mol. The molecule has 2 fully saturated rings. The van der Waals surface area contributed by atoms with Gasteiger partial charge in [0.1, 0.15) is 0 Å². The van der Waals surface area contributed by atoms with Gasteiger partial charge in [0.15, 0.2) is 0 Å². The maximum absolute atomic E-state index is 12.5. The van der Waals surface area contributed by atoms with E-state index in [1.807, 2.05) is 6.92 Å². The molecule has 0 radical (unpaired) electrons. The van der Waals surface area contributed by atoms with Crippen LogP contribution in [0.15, 0.2) is 0 Å². The van der Waals surface area contributed by atoms with Crippen molar-refractivity contribution in [2.24, 2.45) is 0 Å². The molecule has 2 atom stereocenters. The van der Waals surface area contributed by atoms with Crippen LogP contribution in [0.1, 0.15) is 58.8 Å². The lowest BCUT2D eigenvalue weighted by Gasteiger charge is -2.31. The van der Waals surface area contributed by atoms with E-state index >= 15 is 0 Å². The Morgan fingerprint density at radius 1 is 1.10 bits per heavy atom. The fourth-order valence-electron chi connectivity index (χ4n) is 3.68. The summed E-state index contributed by atoms with van der Waals surface area (Å²) < 4.78 is 0. The fourth-order valence-corrected chi connectivity index (χ4v) is 3.68. The monoisotopic (exact) mass is 295 g/mol. The standard InChI is InChI=1S/C17H33N3O/c1-3-10-19-11-7-8-16(9-14-19)18-15(2)17(21)20-12-5-4-6-13-20/h15-16,18H,3-14H2,1-2H3. The normalized spacial score (nSPS) is 26.4. The van der Waals surface area contributed by atoms with Crippen LogP contribution in [-0.2, 0) is 4.79 Å². The molecule has 2 aliphatic rings. The van der Waals surface area contributed by atoms with Gasteiger partial charge in [0.2, 0.25) is 5.91 Å². The molecule has 0 spiro atoms. The molecule has 0 aliphatic carbocycles. The van der Waals surface area contributed by atoms with Crippen molar-refractivity contribution in [3.63, 3.8) is 0 Å². The first-order valence-corrected chi connectivity index (χ1v) is 8.98. The highest BCUT2D eigenvalue weighted by Gasteiger charge is 2.25. The van der Waals surface area contributed by atoms with Gasteiger partial charge in [0.05, 0.1) is 6.04 Å². The highest BCUT2D eigenvalue weighted by molar-refractivity contribution is 5.81. The van der Waals surface area contributed by atoms with Gasteiger partial charge in [0, 0.05) is 19.1 Å². The Labute approximate surface area is 130 Å². The third-order valence-corrected chi connectivity index (χ3v) is 4.88. The summed E-state index contributed by atoms with van der Waals surface area (Å²) in [5.74, 6) is 0.310. The molecule has 2 heterocycles. The van der Waals surface area contributed by atoms with E-state index in [4.69, 9.17) is 0 Å². The second-order valence-corrected chi connectivity index (χ2v) is 6.74. The second kappa shape index (κ2) is 8.74. The van der Waals surface area contributed by atoms with Crippen molar-refractivity contribution in [2.45, 2.75) is 70.9 Å². The zero-order valence-electron chi connectivity index (χ0n) is 13.9. The largest absolute Gasteiger partial charge is 0.341 e. The Kier molecular flexibility index (Phi) is 6.97. The highest BCUT2D eigenvalue weighted by Crippen LogP contribution is 2.14. The number of piperidine rings is 1. The number of nitrogens with one attached hydrogen (secondary N) is 1. The number of rotatable bonds is 5. The van der Waals surface area contributed by atoms with Crippen molar-refractivity contribution in [1.82, 2.24) is 15.1 Å². The van der Waals surface area contributed by atoms with Gasteiger partial charge in [-0.05, 0) is 71.5 Å². The van der Waals surface area contributed by atoms with E-state index in [1.54, 1.807) is 0 Å². The molecule has 0 aromatic heterocycles. The van der Waals surface area contributed by atoms with Gasteiger partial charge in [-0.15, -0.1) is 0 Å². The summed E-state index contributed by atoms with van der Waals surface area (Å²) in [5, 5.41) is 3.60. The van der Waals surface area contributed by atoms with Crippen LogP contribution in [0.3, 0.4) is 0 Å². The Morgan fingerprint density at radius 2 is 1.86 bits per heavy atom.